The Labute approximate surface area is 156 Å². The van der Waals surface area contributed by atoms with Crippen LogP contribution in [0.4, 0.5) is 5.69 Å². The van der Waals surface area contributed by atoms with Crippen LogP contribution >= 0.6 is 11.6 Å². The summed E-state index contributed by atoms with van der Waals surface area (Å²) >= 11 is 6.11. The summed E-state index contributed by atoms with van der Waals surface area (Å²) in [7, 11) is 0. The highest BCUT2D eigenvalue weighted by atomic mass is 35.5. The molecule has 0 heterocycles. The van der Waals surface area contributed by atoms with E-state index in [4.69, 9.17) is 21.4 Å². The Balaban J connectivity index is 1.81. The van der Waals surface area contributed by atoms with Gasteiger partial charge in [0, 0.05) is 11.4 Å². The van der Waals surface area contributed by atoms with Crippen LogP contribution in [0.1, 0.15) is 34.3 Å². The van der Waals surface area contributed by atoms with Crippen LogP contribution in [0.15, 0.2) is 30.3 Å². The summed E-state index contributed by atoms with van der Waals surface area (Å²) in [5.41, 5.74) is 1.98. The number of amides is 1. The molecule has 0 bridgehead atoms. The molecule has 7 heteroatoms. The smallest absolute Gasteiger partial charge is 0.335 e. The van der Waals surface area contributed by atoms with Crippen molar-refractivity contribution in [3.05, 3.63) is 52.0 Å². The molecule has 2 aromatic carbocycles. The molecular weight excluding hydrogens is 358 g/mol. The minimum absolute atomic E-state index is 0.0533. The van der Waals surface area contributed by atoms with Crippen LogP contribution < -0.4 is 10.1 Å². The zero-order valence-electron chi connectivity index (χ0n) is 14.5. The molecule has 2 rings (SSSR count). The van der Waals surface area contributed by atoms with Crippen molar-refractivity contribution in [3.63, 3.8) is 0 Å². The predicted octanol–water partition coefficient (Wildman–Crippen LogP) is 4.16. The first-order chi connectivity index (χ1) is 12.3. The van der Waals surface area contributed by atoms with Gasteiger partial charge in [0.25, 0.3) is 0 Å². The van der Waals surface area contributed by atoms with E-state index < -0.39 is 5.97 Å². The molecule has 6 nitrogen and oxygen atoms in total. The van der Waals surface area contributed by atoms with Crippen molar-refractivity contribution in [2.24, 2.45) is 0 Å². The van der Waals surface area contributed by atoms with E-state index in [0.29, 0.717) is 23.8 Å². The summed E-state index contributed by atoms with van der Waals surface area (Å²) in [6, 6.07) is 7.44. The van der Waals surface area contributed by atoms with E-state index in [1.807, 2.05) is 26.0 Å². The monoisotopic (exact) mass is 377 g/mol. The van der Waals surface area contributed by atoms with Crippen LogP contribution in [0.25, 0.3) is 0 Å². The summed E-state index contributed by atoms with van der Waals surface area (Å²) in [5.74, 6) is -1.04. The number of nitrogens with one attached hydrogen (secondary N) is 1. The molecule has 0 unspecified atom stereocenters. The molecule has 3 N–H and O–H groups in total. The van der Waals surface area contributed by atoms with Gasteiger partial charge in [-0.1, -0.05) is 11.6 Å². The van der Waals surface area contributed by atoms with E-state index in [-0.39, 0.29) is 29.3 Å². The highest BCUT2D eigenvalue weighted by Crippen LogP contribution is 2.26. The average Bonchev–Trinajstić information content (AvgIpc) is 2.58. The van der Waals surface area contributed by atoms with Crippen molar-refractivity contribution in [1.82, 2.24) is 0 Å². The summed E-state index contributed by atoms with van der Waals surface area (Å²) in [6.45, 7) is 4.16. The number of aromatic carboxylic acids is 1. The number of carboxylic acid groups (broad SMARTS) is 1. The number of carboxylic acids is 1. The quantitative estimate of drug-likeness (QED) is 0.497. The number of carbonyl (C=O) groups is 2. The molecule has 2 aromatic rings. The zero-order chi connectivity index (χ0) is 19.3. The van der Waals surface area contributed by atoms with E-state index in [9.17, 15) is 14.7 Å². The van der Waals surface area contributed by atoms with E-state index >= 15 is 0 Å². The Morgan fingerprint density at radius 3 is 2.38 bits per heavy atom. The van der Waals surface area contributed by atoms with Crippen LogP contribution in [0.2, 0.25) is 5.02 Å². The maximum Gasteiger partial charge on any atom is 0.335 e. The molecule has 1 amide bonds. The molecular formula is C19H20ClNO5. The zero-order valence-corrected chi connectivity index (χ0v) is 15.3. The molecule has 0 aliphatic rings. The van der Waals surface area contributed by atoms with Gasteiger partial charge in [-0.25, -0.2) is 4.79 Å². The third-order valence-electron chi connectivity index (χ3n) is 3.75. The second-order valence-corrected chi connectivity index (χ2v) is 6.29. The predicted molar refractivity (Wildman–Crippen MR) is 99.4 cm³/mol. The first kappa shape index (κ1) is 19.6. The third-order valence-corrected chi connectivity index (χ3v) is 4.34. The molecule has 0 aromatic heterocycles. The number of aryl methyl sites for hydroxylation is 2. The molecule has 0 aliphatic carbocycles. The molecule has 0 atom stereocenters. The standard InChI is InChI=1S/C19H20ClNO5/c1-11-8-14(9-12(2)18(11)20)26-7-3-4-17(23)21-15-6-5-13(19(24)25)10-16(15)22/h5-6,8-10,22H,3-4,7H2,1-2H3,(H,21,23)(H,24,25). The second kappa shape index (κ2) is 8.58. The van der Waals surface area contributed by atoms with Crippen LogP contribution in [-0.2, 0) is 4.79 Å². The first-order valence-corrected chi connectivity index (χ1v) is 8.41. The van der Waals surface area contributed by atoms with Gasteiger partial charge >= 0.3 is 5.97 Å². The van der Waals surface area contributed by atoms with Crippen molar-refractivity contribution in [2.75, 3.05) is 11.9 Å². The van der Waals surface area contributed by atoms with Gasteiger partial charge in [0.2, 0.25) is 5.91 Å². The van der Waals surface area contributed by atoms with Crippen molar-refractivity contribution >= 4 is 29.2 Å². The van der Waals surface area contributed by atoms with Crippen LogP contribution in [0, 0.1) is 13.8 Å². The summed E-state index contributed by atoms with van der Waals surface area (Å²) in [4.78, 5) is 22.8. The Morgan fingerprint density at radius 2 is 1.81 bits per heavy atom. The Morgan fingerprint density at radius 1 is 1.15 bits per heavy atom. The van der Waals surface area contributed by atoms with Gasteiger partial charge < -0.3 is 20.3 Å². The average molecular weight is 378 g/mol. The minimum atomic E-state index is -1.15. The largest absolute Gasteiger partial charge is 0.506 e. The summed E-state index contributed by atoms with van der Waals surface area (Å²) in [5, 5.41) is 21.9. The number of carbonyl (C=O) groups excluding carboxylic acids is 1. The molecule has 26 heavy (non-hydrogen) atoms. The Bertz CT molecular complexity index is 812. The van der Waals surface area contributed by atoms with Crippen molar-refractivity contribution in [2.45, 2.75) is 26.7 Å². The van der Waals surface area contributed by atoms with Crippen LogP contribution in [0.3, 0.4) is 0 Å². The fourth-order valence-electron chi connectivity index (χ4n) is 2.40. The summed E-state index contributed by atoms with van der Waals surface area (Å²) < 4.78 is 5.64. The fraction of sp³-hybridized carbons (Fsp3) is 0.263. The molecule has 138 valence electrons. The lowest BCUT2D eigenvalue weighted by Gasteiger charge is -2.10. The molecule has 0 saturated carbocycles. The molecule has 0 saturated heterocycles. The third kappa shape index (κ3) is 5.13. The van der Waals surface area contributed by atoms with Gasteiger partial charge in [0.1, 0.15) is 11.5 Å². The maximum atomic E-state index is 11.9. The summed E-state index contributed by atoms with van der Waals surface area (Å²) in [6.07, 6.45) is 0.687. The van der Waals surface area contributed by atoms with Crippen LogP contribution in [-0.4, -0.2) is 28.7 Å². The van der Waals surface area contributed by atoms with Crippen LogP contribution in [0.5, 0.6) is 11.5 Å². The first-order valence-electron chi connectivity index (χ1n) is 8.03. The molecule has 0 aliphatic heterocycles. The normalized spacial score (nSPS) is 10.4. The van der Waals surface area contributed by atoms with Crippen molar-refractivity contribution < 1.29 is 24.5 Å². The number of hydrogen-bond donors (Lipinski definition) is 3. The maximum absolute atomic E-state index is 11.9. The number of benzene rings is 2. The Hall–Kier alpha value is -2.73. The molecule has 0 fully saturated rings. The highest BCUT2D eigenvalue weighted by molar-refractivity contribution is 6.32. The minimum Gasteiger partial charge on any atom is -0.506 e. The van der Waals surface area contributed by atoms with E-state index in [2.05, 4.69) is 5.32 Å². The van der Waals surface area contributed by atoms with Gasteiger partial charge in [-0.05, 0) is 61.7 Å². The lowest BCUT2D eigenvalue weighted by Crippen LogP contribution is -2.13. The lowest BCUT2D eigenvalue weighted by atomic mass is 10.1. The van der Waals surface area contributed by atoms with E-state index in [0.717, 1.165) is 17.2 Å². The number of halogens is 1. The van der Waals surface area contributed by atoms with Gasteiger partial charge in [0.15, 0.2) is 0 Å². The number of aromatic hydroxyl groups is 1. The lowest BCUT2D eigenvalue weighted by molar-refractivity contribution is -0.116. The van der Waals surface area contributed by atoms with Crippen molar-refractivity contribution in [1.29, 1.82) is 0 Å². The van der Waals surface area contributed by atoms with Gasteiger partial charge in [0.05, 0.1) is 17.9 Å². The number of ether oxygens (including phenoxy) is 1. The van der Waals surface area contributed by atoms with Gasteiger partial charge in [-0.2, -0.15) is 0 Å². The fourth-order valence-corrected chi connectivity index (χ4v) is 2.50. The molecule has 0 spiro atoms. The highest BCUT2D eigenvalue weighted by Gasteiger charge is 2.10. The van der Waals surface area contributed by atoms with E-state index in [1.165, 1.54) is 12.1 Å². The number of phenolic OH excluding ortho intramolecular Hbond substituents is 1. The molecule has 0 radical (unpaired) electrons. The topological polar surface area (TPSA) is 95.9 Å². The van der Waals surface area contributed by atoms with Gasteiger partial charge in [-0.15, -0.1) is 0 Å². The number of hydrogen-bond acceptors (Lipinski definition) is 4. The SMILES string of the molecule is Cc1cc(OCCCC(=O)Nc2ccc(C(=O)O)cc2O)cc(C)c1Cl. The number of phenols is 1. The number of anilines is 1. The van der Waals surface area contributed by atoms with E-state index in [1.54, 1.807) is 0 Å². The second-order valence-electron chi connectivity index (χ2n) is 5.91. The van der Waals surface area contributed by atoms with Gasteiger partial charge in [-0.3, -0.25) is 4.79 Å². The Kier molecular flexibility index (Phi) is 6.46. The number of rotatable bonds is 7. The van der Waals surface area contributed by atoms with Crippen molar-refractivity contribution in [3.8, 4) is 11.5 Å².